The van der Waals surface area contributed by atoms with E-state index in [9.17, 15) is 0 Å². The average Bonchev–Trinajstić information content (AvgIpc) is 2.35. The van der Waals surface area contributed by atoms with E-state index in [-0.39, 0.29) is 0 Å². The molecule has 0 aliphatic heterocycles. The van der Waals surface area contributed by atoms with Gasteiger partial charge in [-0.3, -0.25) is 4.99 Å². The van der Waals surface area contributed by atoms with Crippen molar-refractivity contribution in [2.75, 3.05) is 14.2 Å². The fourth-order valence-electron chi connectivity index (χ4n) is 1.73. The fourth-order valence-corrected chi connectivity index (χ4v) is 1.73. The van der Waals surface area contributed by atoms with Crippen LogP contribution in [0.15, 0.2) is 4.99 Å². The smallest absolute Gasteiger partial charge is 0.185 e. The molecule has 0 rings (SSSR count). The molecule has 0 fully saturated rings. The second-order valence-corrected chi connectivity index (χ2v) is 3.75. The van der Waals surface area contributed by atoms with E-state index < -0.39 is 0 Å². The molecule has 0 saturated heterocycles. The highest BCUT2D eigenvalue weighted by molar-refractivity contribution is 5.78. The predicted octanol–water partition coefficient (Wildman–Crippen LogP) is 4.68. The van der Waals surface area contributed by atoms with E-state index in [0.29, 0.717) is 5.92 Å². The summed E-state index contributed by atoms with van der Waals surface area (Å²) < 4.78 is 5.31. The van der Waals surface area contributed by atoms with Gasteiger partial charge in [-0.1, -0.05) is 53.4 Å². The van der Waals surface area contributed by atoms with Gasteiger partial charge in [0.05, 0.1) is 7.11 Å². The molecule has 2 heteroatoms. The van der Waals surface area contributed by atoms with Crippen LogP contribution in [-0.4, -0.2) is 20.1 Å². The zero-order chi connectivity index (χ0) is 12.8. The quantitative estimate of drug-likeness (QED) is 0.458. The molecule has 0 atom stereocenters. The molecule has 16 heavy (non-hydrogen) atoms. The molecule has 0 aliphatic rings. The lowest BCUT2D eigenvalue weighted by Crippen LogP contribution is -2.16. The minimum Gasteiger partial charge on any atom is -0.484 e. The van der Waals surface area contributed by atoms with Gasteiger partial charge in [-0.15, -0.1) is 0 Å². The van der Waals surface area contributed by atoms with E-state index in [2.05, 4.69) is 18.8 Å². The van der Waals surface area contributed by atoms with Crippen molar-refractivity contribution in [1.82, 2.24) is 0 Å². The number of methoxy groups -OCH3 is 1. The summed E-state index contributed by atoms with van der Waals surface area (Å²) in [5, 5.41) is 0. The van der Waals surface area contributed by atoms with Crippen LogP contribution in [0.4, 0.5) is 0 Å². The maximum absolute atomic E-state index is 5.31. The maximum atomic E-state index is 5.31. The van der Waals surface area contributed by atoms with Crippen LogP contribution in [0.1, 0.15) is 66.2 Å². The number of nitrogens with zero attached hydrogens (tertiary/aromatic N) is 1. The summed E-state index contributed by atoms with van der Waals surface area (Å²) >= 11 is 0. The van der Waals surface area contributed by atoms with Crippen molar-refractivity contribution >= 4 is 5.90 Å². The highest BCUT2D eigenvalue weighted by atomic mass is 16.5. The largest absolute Gasteiger partial charge is 0.484 e. The first kappa shape index (κ1) is 17.9. The third kappa shape index (κ3) is 8.75. The second-order valence-electron chi connectivity index (χ2n) is 3.75. The summed E-state index contributed by atoms with van der Waals surface area (Å²) in [7, 11) is 3.55. The molecule has 0 aromatic rings. The Hall–Kier alpha value is -0.530. The molecule has 0 aromatic heterocycles. The highest BCUT2D eigenvalue weighted by Gasteiger charge is 2.14. The summed E-state index contributed by atoms with van der Waals surface area (Å²) in [5.41, 5.74) is 0. The van der Waals surface area contributed by atoms with Crippen molar-refractivity contribution in [3.8, 4) is 0 Å². The monoisotopic (exact) mass is 229 g/mol. The van der Waals surface area contributed by atoms with Gasteiger partial charge in [0, 0.05) is 13.0 Å². The van der Waals surface area contributed by atoms with Crippen molar-refractivity contribution in [2.45, 2.75) is 66.2 Å². The Kier molecular flexibility index (Phi) is 16.1. The van der Waals surface area contributed by atoms with E-state index in [4.69, 9.17) is 4.74 Å². The number of unbranched alkanes of at least 4 members (excludes halogenated alkanes) is 2. The molecular formula is C14H31NO. The summed E-state index contributed by atoms with van der Waals surface area (Å²) in [6.07, 6.45) is 7.49. The van der Waals surface area contributed by atoms with Crippen LogP contribution in [0.5, 0.6) is 0 Å². The van der Waals surface area contributed by atoms with Crippen LogP contribution < -0.4 is 0 Å². The van der Waals surface area contributed by atoms with Crippen LogP contribution >= 0.6 is 0 Å². The van der Waals surface area contributed by atoms with E-state index >= 15 is 0 Å². The third-order valence-electron chi connectivity index (χ3n) is 2.59. The molecule has 98 valence electrons. The molecule has 0 bridgehead atoms. The first-order chi connectivity index (χ1) is 7.79. The van der Waals surface area contributed by atoms with E-state index in [1.165, 1.54) is 38.5 Å². The molecule has 0 unspecified atom stereocenters. The van der Waals surface area contributed by atoms with Crippen molar-refractivity contribution in [1.29, 1.82) is 0 Å². The van der Waals surface area contributed by atoms with Crippen molar-refractivity contribution < 1.29 is 4.74 Å². The maximum Gasteiger partial charge on any atom is 0.185 e. The first-order valence-electron chi connectivity index (χ1n) is 6.80. The topological polar surface area (TPSA) is 21.6 Å². The summed E-state index contributed by atoms with van der Waals surface area (Å²) in [6.45, 7) is 8.46. The van der Waals surface area contributed by atoms with Gasteiger partial charge < -0.3 is 4.74 Å². The fraction of sp³-hybridized carbons (Fsp3) is 0.929. The molecular weight excluding hydrogens is 198 g/mol. The normalized spacial score (nSPS) is 11.1. The number of rotatable bonds is 7. The number of hydrogen-bond donors (Lipinski definition) is 0. The SMILES string of the molecule is CC.CCCCC(CCCC)C(=NC)OC. The van der Waals surface area contributed by atoms with Gasteiger partial charge in [0.2, 0.25) is 0 Å². The van der Waals surface area contributed by atoms with E-state index in [1.54, 1.807) is 7.11 Å². The minimum atomic E-state index is 0.546. The van der Waals surface area contributed by atoms with Gasteiger partial charge >= 0.3 is 0 Å². The van der Waals surface area contributed by atoms with Gasteiger partial charge in [-0.05, 0) is 12.8 Å². The Morgan fingerprint density at radius 3 is 1.75 bits per heavy atom. The number of aliphatic imine (C=N–C) groups is 1. The van der Waals surface area contributed by atoms with Gasteiger partial charge in [0.25, 0.3) is 0 Å². The molecule has 0 aromatic carbocycles. The molecule has 0 amide bonds. The predicted molar refractivity (Wildman–Crippen MR) is 74.3 cm³/mol. The zero-order valence-corrected chi connectivity index (χ0v) is 12.2. The molecule has 0 N–H and O–H groups in total. The van der Waals surface area contributed by atoms with Crippen LogP contribution in [-0.2, 0) is 4.74 Å². The Morgan fingerprint density at radius 2 is 1.50 bits per heavy atom. The molecule has 0 radical (unpaired) electrons. The Balaban J connectivity index is 0. The van der Waals surface area contributed by atoms with Gasteiger partial charge in [0.1, 0.15) is 0 Å². The van der Waals surface area contributed by atoms with Crippen molar-refractivity contribution in [2.24, 2.45) is 10.9 Å². The van der Waals surface area contributed by atoms with Crippen molar-refractivity contribution in [3.63, 3.8) is 0 Å². The van der Waals surface area contributed by atoms with Gasteiger partial charge in [-0.25, -0.2) is 0 Å². The standard InChI is InChI=1S/C12H25NO.C2H6/c1-5-7-9-11(10-8-6-2)12(13-3)14-4;1-2/h11H,5-10H2,1-4H3;1-2H3. The molecule has 0 heterocycles. The number of hydrogen-bond acceptors (Lipinski definition) is 2. The summed E-state index contributed by atoms with van der Waals surface area (Å²) in [6, 6.07) is 0. The average molecular weight is 229 g/mol. The van der Waals surface area contributed by atoms with Crippen LogP contribution in [0, 0.1) is 5.92 Å². The molecule has 2 nitrogen and oxygen atoms in total. The zero-order valence-electron chi connectivity index (χ0n) is 12.2. The Bertz CT molecular complexity index is 147. The lowest BCUT2D eigenvalue weighted by molar-refractivity contribution is 0.345. The minimum absolute atomic E-state index is 0.546. The lowest BCUT2D eigenvalue weighted by atomic mass is 9.96. The summed E-state index contributed by atoms with van der Waals surface area (Å²) in [4.78, 5) is 4.21. The van der Waals surface area contributed by atoms with Gasteiger partial charge in [-0.2, -0.15) is 0 Å². The van der Waals surface area contributed by atoms with E-state index in [1.807, 2.05) is 20.9 Å². The Labute approximate surface area is 102 Å². The third-order valence-corrected chi connectivity index (χ3v) is 2.59. The lowest BCUT2D eigenvalue weighted by Gasteiger charge is -2.17. The molecule has 0 saturated carbocycles. The first-order valence-corrected chi connectivity index (χ1v) is 6.80. The van der Waals surface area contributed by atoms with Crippen LogP contribution in [0.2, 0.25) is 0 Å². The van der Waals surface area contributed by atoms with E-state index in [0.717, 1.165) is 5.90 Å². The van der Waals surface area contributed by atoms with Crippen molar-refractivity contribution in [3.05, 3.63) is 0 Å². The molecule has 0 spiro atoms. The Morgan fingerprint density at radius 1 is 1.06 bits per heavy atom. The second kappa shape index (κ2) is 14.5. The molecule has 0 aliphatic carbocycles. The van der Waals surface area contributed by atoms with Crippen LogP contribution in [0.3, 0.4) is 0 Å². The summed E-state index contributed by atoms with van der Waals surface area (Å²) in [5.74, 6) is 1.48. The highest BCUT2D eigenvalue weighted by Crippen LogP contribution is 2.18. The number of ether oxygens (including phenoxy) is 1. The van der Waals surface area contributed by atoms with Crippen LogP contribution in [0.25, 0.3) is 0 Å². The van der Waals surface area contributed by atoms with Gasteiger partial charge in [0.15, 0.2) is 5.90 Å².